The van der Waals surface area contributed by atoms with Gasteiger partial charge in [-0.15, -0.1) is 0 Å². The van der Waals surface area contributed by atoms with Gasteiger partial charge in [0.05, 0.1) is 53.8 Å². The van der Waals surface area contributed by atoms with Crippen LogP contribution in [-0.2, 0) is 19.1 Å². The number of methoxy groups -OCH3 is 1. The normalized spacial score (nSPS) is 14.1. The molecule has 14 heteroatoms. The molecule has 46 heavy (non-hydrogen) atoms. The van der Waals surface area contributed by atoms with E-state index in [0.717, 1.165) is 11.3 Å². The predicted molar refractivity (Wildman–Crippen MR) is 169 cm³/mol. The summed E-state index contributed by atoms with van der Waals surface area (Å²) in [5.74, 6) is -0.0522. The van der Waals surface area contributed by atoms with Gasteiger partial charge in [-0.3, -0.25) is 9.36 Å². The first-order valence-corrected chi connectivity index (χ1v) is 15.5. The summed E-state index contributed by atoms with van der Waals surface area (Å²) in [6.07, 6.45) is 1.64. The Kier molecular flexibility index (Phi) is 11.5. The molecular weight excluding hydrogens is 638 g/mol. The quantitative estimate of drug-likeness (QED) is 0.247. The van der Waals surface area contributed by atoms with Crippen LogP contribution in [0.2, 0.25) is 5.02 Å². The van der Waals surface area contributed by atoms with Gasteiger partial charge in [0.2, 0.25) is 0 Å². The smallest absolute Gasteiger partial charge is 0.343 e. The molecule has 0 bridgehead atoms. The molecule has 1 aliphatic heterocycles. The van der Waals surface area contributed by atoms with Crippen LogP contribution in [0.3, 0.4) is 0 Å². The zero-order valence-electron chi connectivity index (χ0n) is 25.9. The Morgan fingerprint density at radius 3 is 2.46 bits per heavy atom. The van der Waals surface area contributed by atoms with E-state index in [9.17, 15) is 14.4 Å². The molecule has 0 aliphatic carbocycles. The molecule has 12 nitrogen and oxygen atoms in total. The highest BCUT2D eigenvalue weighted by Gasteiger charge is 2.34. The molecule has 1 aliphatic rings. The number of fused-ring (bicyclic) bond motifs is 1. The lowest BCUT2D eigenvalue weighted by molar-refractivity contribution is -0.143. The molecule has 3 aromatic rings. The van der Waals surface area contributed by atoms with Gasteiger partial charge in [-0.25, -0.2) is 14.6 Å². The minimum atomic E-state index is -0.921. The van der Waals surface area contributed by atoms with Gasteiger partial charge in [0.15, 0.2) is 41.0 Å². The topological polar surface area (TPSA) is 148 Å². The van der Waals surface area contributed by atoms with Crippen LogP contribution in [0.25, 0.3) is 6.08 Å². The SMILES string of the molecule is CCOC(=O)C1=C(C)N=c2s/c(=C\c3cc(Cl)c(OCC#N)c(OCC)c3)c(=O)n2[C@@H]1c1ccc(OCC(=O)OC)c(OCC)c1. The summed E-state index contributed by atoms with van der Waals surface area (Å²) in [6, 6.07) is 9.18. The lowest BCUT2D eigenvalue weighted by atomic mass is 9.95. The molecule has 0 fully saturated rings. The number of halogens is 1. The average molecular weight is 670 g/mol. The van der Waals surface area contributed by atoms with Gasteiger partial charge in [-0.05, 0) is 69.2 Å². The Labute approximate surface area is 273 Å². The fourth-order valence-electron chi connectivity index (χ4n) is 4.71. The van der Waals surface area contributed by atoms with Gasteiger partial charge in [0.1, 0.15) is 6.07 Å². The maximum absolute atomic E-state index is 14.1. The number of allylic oxidation sites excluding steroid dienone is 1. The van der Waals surface area contributed by atoms with Crippen molar-refractivity contribution < 1.29 is 38.0 Å². The van der Waals surface area contributed by atoms with Crippen molar-refractivity contribution in [1.82, 2.24) is 4.57 Å². The summed E-state index contributed by atoms with van der Waals surface area (Å²) in [5, 5.41) is 9.15. The number of benzene rings is 2. The number of aromatic nitrogens is 1. The number of hydrogen-bond acceptors (Lipinski definition) is 12. The number of thiazole rings is 1. The fraction of sp³-hybridized carbons (Fsp3) is 0.344. The highest BCUT2D eigenvalue weighted by atomic mass is 35.5. The summed E-state index contributed by atoms with van der Waals surface area (Å²) < 4.78 is 34.4. The molecule has 242 valence electrons. The maximum Gasteiger partial charge on any atom is 0.343 e. The number of carbonyl (C=O) groups is 2. The third-order valence-corrected chi connectivity index (χ3v) is 7.85. The van der Waals surface area contributed by atoms with E-state index >= 15 is 0 Å². The molecule has 0 saturated heterocycles. The molecule has 0 N–H and O–H groups in total. The molecular formula is C32H32ClN3O9S. The van der Waals surface area contributed by atoms with Crippen LogP contribution in [0, 0.1) is 11.3 Å². The number of hydrogen-bond donors (Lipinski definition) is 0. The molecule has 4 rings (SSSR count). The first-order chi connectivity index (χ1) is 22.2. The van der Waals surface area contributed by atoms with Crippen LogP contribution in [0.5, 0.6) is 23.0 Å². The maximum atomic E-state index is 14.1. The summed E-state index contributed by atoms with van der Waals surface area (Å²) in [5.41, 5.74) is 1.24. The van der Waals surface area contributed by atoms with Gasteiger partial charge in [-0.1, -0.05) is 29.0 Å². The number of ether oxygens (including phenoxy) is 6. The van der Waals surface area contributed by atoms with Gasteiger partial charge in [0, 0.05) is 0 Å². The Morgan fingerprint density at radius 2 is 1.78 bits per heavy atom. The lowest BCUT2D eigenvalue weighted by Gasteiger charge is -2.25. The first kappa shape index (κ1) is 34.1. The van der Waals surface area contributed by atoms with Crippen molar-refractivity contribution in [2.45, 2.75) is 33.7 Å². The van der Waals surface area contributed by atoms with Crippen LogP contribution < -0.4 is 33.8 Å². The molecule has 2 aromatic carbocycles. The van der Waals surface area contributed by atoms with E-state index in [1.54, 1.807) is 64.1 Å². The highest BCUT2D eigenvalue weighted by molar-refractivity contribution is 7.07. The van der Waals surface area contributed by atoms with Gasteiger partial charge < -0.3 is 28.4 Å². The van der Waals surface area contributed by atoms with E-state index in [1.165, 1.54) is 11.7 Å². The number of nitrogens with zero attached hydrogens (tertiary/aromatic N) is 3. The van der Waals surface area contributed by atoms with Crippen molar-refractivity contribution in [3.05, 3.63) is 77.4 Å². The van der Waals surface area contributed by atoms with Crippen LogP contribution in [0.1, 0.15) is 44.9 Å². The van der Waals surface area contributed by atoms with Crippen molar-refractivity contribution >= 4 is 41.0 Å². The van der Waals surface area contributed by atoms with Crippen molar-refractivity contribution in [1.29, 1.82) is 5.26 Å². The second-order valence-corrected chi connectivity index (χ2v) is 10.9. The summed E-state index contributed by atoms with van der Waals surface area (Å²) in [6.45, 7) is 7.13. The zero-order chi connectivity index (χ0) is 33.4. The van der Waals surface area contributed by atoms with Crippen molar-refractivity contribution in [3.63, 3.8) is 0 Å². The lowest BCUT2D eigenvalue weighted by Crippen LogP contribution is -2.40. The minimum absolute atomic E-state index is 0.119. The molecule has 0 saturated carbocycles. The van der Waals surface area contributed by atoms with E-state index in [2.05, 4.69) is 9.73 Å². The third kappa shape index (κ3) is 7.35. The van der Waals surface area contributed by atoms with E-state index < -0.39 is 23.5 Å². The molecule has 0 spiro atoms. The summed E-state index contributed by atoms with van der Waals surface area (Å²) >= 11 is 7.62. The molecule has 1 aromatic heterocycles. The summed E-state index contributed by atoms with van der Waals surface area (Å²) in [4.78, 5) is 44.1. The second-order valence-electron chi connectivity index (χ2n) is 9.52. The number of carbonyl (C=O) groups excluding carboxylic acids is 2. The monoisotopic (exact) mass is 669 g/mol. The highest BCUT2D eigenvalue weighted by Crippen LogP contribution is 2.38. The second kappa shape index (κ2) is 15.5. The Hall–Kier alpha value is -4.80. The van der Waals surface area contributed by atoms with E-state index in [0.29, 0.717) is 44.3 Å². The number of esters is 2. The Balaban J connectivity index is 1.90. The van der Waals surface area contributed by atoms with Gasteiger partial charge in [0.25, 0.3) is 5.56 Å². The Morgan fingerprint density at radius 1 is 1.04 bits per heavy atom. The Bertz CT molecular complexity index is 1890. The van der Waals surface area contributed by atoms with Gasteiger partial charge >= 0.3 is 11.9 Å². The van der Waals surface area contributed by atoms with Gasteiger partial charge in [-0.2, -0.15) is 5.26 Å². The van der Waals surface area contributed by atoms with Crippen LogP contribution >= 0.6 is 22.9 Å². The molecule has 1 atom stereocenters. The van der Waals surface area contributed by atoms with Crippen molar-refractivity contribution in [2.75, 3.05) is 40.1 Å². The van der Waals surface area contributed by atoms with Crippen molar-refractivity contribution in [3.8, 4) is 29.1 Å². The van der Waals surface area contributed by atoms with E-state index in [-0.39, 0.29) is 48.5 Å². The zero-order valence-corrected chi connectivity index (χ0v) is 27.5. The summed E-state index contributed by atoms with van der Waals surface area (Å²) in [7, 11) is 1.26. The van der Waals surface area contributed by atoms with Crippen LogP contribution in [0.4, 0.5) is 0 Å². The standard InChI is InChI=1S/C32H32ClN3O9S/c1-6-41-23-16-20(9-10-22(23)45-17-26(37)40-5)28-27(31(39)43-8-3)18(4)35-32-36(28)30(38)25(46-32)15-19-13-21(33)29(44-12-11-34)24(14-19)42-7-2/h9-10,13-16,28H,6-8,12,17H2,1-5H3/b25-15-/t28-/m1/s1. The van der Waals surface area contributed by atoms with Crippen LogP contribution in [-0.4, -0.2) is 56.6 Å². The molecule has 2 heterocycles. The largest absolute Gasteiger partial charge is 0.490 e. The molecule has 0 amide bonds. The first-order valence-electron chi connectivity index (χ1n) is 14.3. The average Bonchev–Trinajstić information content (AvgIpc) is 3.33. The van der Waals surface area contributed by atoms with E-state index in [1.807, 2.05) is 6.07 Å². The number of nitriles is 1. The molecule has 0 unspecified atom stereocenters. The van der Waals surface area contributed by atoms with Crippen LogP contribution in [0.15, 0.2) is 51.4 Å². The molecule has 0 radical (unpaired) electrons. The third-order valence-electron chi connectivity index (χ3n) is 6.58. The minimum Gasteiger partial charge on any atom is -0.490 e. The number of rotatable bonds is 13. The predicted octanol–water partition coefficient (Wildman–Crippen LogP) is 3.70. The van der Waals surface area contributed by atoms with E-state index in [4.69, 9.17) is 40.5 Å². The van der Waals surface area contributed by atoms with Crippen molar-refractivity contribution in [2.24, 2.45) is 4.99 Å². The fourth-order valence-corrected chi connectivity index (χ4v) is 6.04.